The Kier molecular flexibility index (Phi) is 4.88. The van der Waals surface area contributed by atoms with E-state index in [1.54, 1.807) is 11.4 Å². The van der Waals surface area contributed by atoms with Gasteiger partial charge in [-0.25, -0.2) is 13.1 Å². The van der Waals surface area contributed by atoms with Gasteiger partial charge < -0.3 is 4.74 Å². The summed E-state index contributed by atoms with van der Waals surface area (Å²) in [5.41, 5.74) is -0.444. The summed E-state index contributed by atoms with van der Waals surface area (Å²) in [6, 6.07) is 1.74. The standard InChI is InChI=1S/C10H13Br2NO3S2/c11-7-10(2-4-16-5-3-10)13-18(14,15)9-8(12)1-6-17-9/h1,6,13H,2-5,7H2. The van der Waals surface area contributed by atoms with Crippen LogP contribution >= 0.6 is 43.2 Å². The molecule has 0 spiro atoms. The Bertz CT molecular complexity index is 509. The largest absolute Gasteiger partial charge is 0.381 e. The molecule has 0 aliphatic carbocycles. The van der Waals surface area contributed by atoms with Crippen LogP contribution in [0.3, 0.4) is 0 Å². The molecule has 1 aliphatic heterocycles. The molecule has 0 unspecified atom stereocenters. The van der Waals surface area contributed by atoms with Gasteiger partial charge >= 0.3 is 0 Å². The zero-order valence-corrected chi connectivity index (χ0v) is 14.3. The van der Waals surface area contributed by atoms with Crippen LogP contribution in [0.2, 0.25) is 0 Å². The van der Waals surface area contributed by atoms with Crippen molar-refractivity contribution in [1.82, 2.24) is 4.72 Å². The van der Waals surface area contributed by atoms with Crippen molar-refractivity contribution in [3.8, 4) is 0 Å². The molecule has 2 rings (SSSR count). The van der Waals surface area contributed by atoms with Gasteiger partial charge in [-0.05, 0) is 40.2 Å². The van der Waals surface area contributed by atoms with Gasteiger partial charge in [-0.2, -0.15) is 0 Å². The zero-order chi connectivity index (χ0) is 13.2. The van der Waals surface area contributed by atoms with Gasteiger partial charge in [0, 0.05) is 28.6 Å². The zero-order valence-electron chi connectivity index (χ0n) is 9.49. The minimum atomic E-state index is -3.48. The van der Waals surface area contributed by atoms with Gasteiger partial charge in [-0.3, -0.25) is 0 Å². The second-order valence-electron chi connectivity index (χ2n) is 4.19. The van der Waals surface area contributed by atoms with Gasteiger partial charge in [0.25, 0.3) is 10.0 Å². The molecule has 1 aromatic heterocycles. The van der Waals surface area contributed by atoms with Gasteiger partial charge in [0.2, 0.25) is 0 Å². The van der Waals surface area contributed by atoms with Crippen molar-refractivity contribution >= 4 is 53.2 Å². The molecule has 1 fully saturated rings. The van der Waals surface area contributed by atoms with E-state index in [0.29, 0.717) is 40.1 Å². The number of hydrogen-bond donors (Lipinski definition) is 1. The number of hydrogen-bond acceptors (Lipinski definition) is 4. The second-order valence-corrected chi connectivity index (χ2v) is 8.40. The number of halogens is 2. The monoisotopic (exact) mass is 417 g/mol. The summed E-state index contributed by atoms with van der Waals surface area (Å²) in [4.78, 5) is 0. The van der Waals surface area contributed by atoms with Crippen molar-refractivity contribution in [2.75, 3.05) is 18.5 Å². The predicted molar refractivity (Wildman–Crippen MR) is 78.9 cm³/mol. The Morgan fingerprint density at radius 2 is 2.11 bits per heavy atom. The van der Waals surface area contributed by atoms with E-state index in [9.17, 15) is 8.42 Å². The smallest absolute Gasteiger partial charge is 0.251 e. The number of nitrogens with one attached hydrogen (secondary N) is 1. The van der Waals surface area contributed by atoms with E-state index in [4.69, 9.17) is 4.74 Å². The van der Waals surface area contributed by atoms with Gasteiger partial charge in [-0.15, -0.1) is 11.3 Å². The van der Waals surface area contributed by atoms with Crippen LogP contribution in [-0.2, 0) is 14.8 Å². The molecule has 0 atom stereocenters. The highest BCUT2D eigenvalue weighted by molar-refractivity contribution is 9.10. The molecule has 0 saturated carbocycles. The normalized spacial score (nSPS) is 19.9. The minimum Gasteiger partial charge on any atom is -0.381 e. The Morgan fingerprint density at radius 3 is 2.61 bits per heavy atom. The van der Waals surface area contributed by atoms with Crippen LogP contribution in [-0.4, -0.2) is 32.5 Å². The summed E-state index contributed by atoms with van der Waals surface area (Å²) < 4.78 is 33.8. The maximum Gasteiger partial charge on any atom is 0.251 e. The number of sulfonamides is 1. The molecule has 1 saturated heterocycles. The lowest BCUT2D eigenvalue weighted by Crippen LogP contribution is -2.53. The van der Waals surface area contributed by atoms with Crippen LogP contribution < -0.4 is 4.72 Å². The Morgan fingerprint density at radius 1 is 1.44 bits per heavy atom. The molecule has 4 nitrogen and oxygen atoms in total. The molecular formula is C10H13Br2NO3S2. The summed E-state index contributed by atoms with van der Waals surface area (Å²) in [5.74, 6) is 0. The summed E-state index contributed by atoms with van der Waals surface area (Å²) >= 11 is 7.88. The van der Waals surface area contributed by atoms with Crippen LogP contribution in [0.15, 0.2) is 20.1 Å². The first-order valence-corrected chi connectivity index (χ1v) is 9.67. The maximum atomic E-state index is 12.4. The van der Waals surface area contributed by atoms with E-state index in [1.165, 1.54) is 11.3 Å². The summed E-state index contributed by atoms with van der Waals surface area (Å²) in [6.45, 7) is 1.17. The van der Waals surface area contributed by atoms with Crippen molar-refractivity contribution in [1.29, 1.82) is 0 Å². The highest BCUT2D eigenvalue weighted by atomic mass is 79.9. The van der Waals surface area contributed by atoms with Crippen LogP contribution in [0.1, 0.15) is 12.8 Å². The number of rotatable bonds is 4. The fraction of sp³-hybridized carbons (Fsp3) is 0.600. The molecule has 1 aromatic rings. The molecule has 1 aliphatic rings. The lowest BCUT2D eigenvalue weighted by atomic mass is 9.94. The molecule has 102 valence electrons. The molecule has 0 amide bonds. The lowest BCUT2D eigenvalue weighted by molar-refractivity contribution is 0.0557. The highest BCUT2D eigenvalue weighted by Gasteiger charge is 2.37. The average molecular weight is 419 g/mol. The van der Waals surface area contributed by atoms with Gasteiger partial charge in [-0.1, -0.05) is 15.9 Å². The van der Waals surface area contributed by atoms with Crippen LogP contribution in [0.25, 0.3) is 0 Å². The second kappa shape index (κ2) is 5.88. The van der Waals surface area contributed by atoms with Crippen molar-refractivity contribution < 1.29 is 13.2 Å². The summed E-state index contributed by atoms with van der Waals surface area (Å²) in [5, 5.41) is 2.34. The van der Waals surface area contributed by atoms with Crippen molar-refractivity contribution in [2.24, 2.45) is 0 Å². The summed E-state index contributed by atoms with van der Waals surface area (Å²) in [7, 11) is -3.48. The number of thiophene rings is 1. The molecular weight excluding hydrogens is 406 g/mol. The SMILES string of the molecule is O=S(=O)(NC1(CBr)CCOCC1)c1sccc1Br. The third-order valence-electron chi connectivity index (χ3n) is 2.89. The first kappa shape index (κ1) is 14.9. The Labute approximate surface area is 127 Å². The number of ether oxygens (including phenoxy) is 1. The van der Waals surface area contributed by atoms with Crippen molar-refractivity contribution in [2.45, 2.75) is 22.6 Å². The molecule has 1 N–H and O–H groups in total. The van der Waals surface area contributed by atoms with E-state index >= 15 is 0 Å². The lowest BCUT2D eigenvalue weighted by Gasteiger charge is -2.35. The van der Waals surface area contributed by atoms with Crippen molar-refractivity contribution in [3.63, 3.8) is 0 Å². The van der Waals surface area contributed by atoms with Gasteiger partial charge in [0.1, 0.15) is 4.21 Å². The summed E-state index contributed by atoms with van der Waals surface area (Å²) in [6.07, 6.45) is 1.36. The van der Waals surface area contributed by atoms with E-state index in [1.807, 2.05) is 0 Å². The Hall–Kier alpha value is 0.530. The van der Waals surface area contributed by atoms with E-state index in [0.717, 1.165) is 0 Å². The van der Waals surface area contributed by atoms with Crippen LogP contribution in [0.4, 0.5) is 0 Å². The molecule has 8 heteroatoms. The molecule has 0 radical (unpaired) electrons. The van der Waals surface area contributed by atoms with Gasteiger partial charge in [0.15, 0.2) is 0 Å². The van der Waals surface area contributed by atoms with Gasteiger partial charge in [0.05, 0.1) is 0 Å². The molecule has 18 heavy (non-hydrogen) atoms. The highest BCUT2D eigenvalue weighted by Crippen LogP contribution is 2.31. The average Bonchev–Trinajstić information content (AvgIpc) is 2.77. The number of alkyl halides is 1. The topological polar surface area (TPSA) is 55.4 Å². The van der Waals surface area contributed by atoms with Crippen molar-refractivity contribution in [3.05, 3.63) is 15.9 Å². The maximum absolute atomic E-state index is 12.4. The third kappa shape index (κ3) is 3.16. The van der Waals surface area contributed by atoms with E-state index in [-0.39, 0.29) is 0 Å². The predicted octanol–water partition coefficient (Wildman–Crippen LogP) is 2.73. The first-order valence-electron chi connectivity index (χ1n) is 5.40. The van der Waals surface area contributed by atoms with E-state index < -0.39 is 15.6 Å². The fourth-order valence-electron chi connectivity index (χ4n) is 1.83. The molecule has 2 heterocycles. The third-order valence-corrected chi connectivity index (χ3v) is 8.21. The molecule has 0 bridgehead atoms. The van der Waals surface area contributed by atoms with Crippen LogP contribution in [0, 0.1) is 0 Å². The minimum absolute atomic E-state index is 0.328. The first-order chi connectivity index (χ1) is 8.49. The fourth-order valence-corrected chi connectivity index (χ4v) is 6.51. The Balaban J connectivity index is 2.24. The molecule has 0 aromatic carbocycles. The quantitative estimate of drug-likeness (QED) is 0.764. The van der Waals surface area contributed by atoms with E-state index in [2.05, 4.69) is 36.6 Å². The van der Waals surface area contributed by atoms with Crippen LogP contribution in [0.5, 0.6) is 0 Å².